The Morgan fingerprint density at radius 1 is 1.50 bits per heavy atom. The third-order valence-electron chi connectivity index (χ3n) is 1.70. The summed E-state index contributed by atoms with van der Waals surface area (Å²) in [7, 11) is 1.12. The number of hydrogen-bond donors (Lipinski definition) is 1. The molecule has 1 aromatic rings. The molecule has 1 heterocycles. The van der Waals surface area contributed by atoms with Crippen molar-refractivity contribution in [1.29, 1.82) is 0 Å². The number of nitrogens with zero attached hydrogens (tertiary/aromatic N) is 3. The number of halogens is 3. The van der Waals surface area contributed by atoms with E-state index < -0.39 is 31.1 Å². The number of ether oxygens (including phenoxy) is 1. The predicted octanol–water partition coefficient (Wildman–Crippen LogP) is -0.257. The minimum Gasteiger partial charge on any atom is -0.463 e. The van der Waals surface area contributed by atoms with E-state index in [9.17, 15) is 22.8 Å². The fourth-order valence-electron chi connectivity index (χ4n) is 0.957. The average Bonchev–Trinajstić information content (AvgIpc) is 2.73. The molecular formula is C8H9F3N4O3. The topological polar surface area (TPSA) is 86.1 Å². The fraction of sp³-hybridized carbons (Fsp3) is 0.500. The minimum absolute atomic E-state index is 0.277. The van der Waals surface area contributed by atoms with Gasteiger partial charge in [-0.2, -0.15) is 13.2 Å². The SMILES string of the molecule is COC(=O)c1ncn(CC(=O)NCC(F)(F)F)n1. The van der Waals surface area contributed by atoms with Crippen LogP contribution in [0, 0.1) is 0 Å². The van der Waals surface area contributed by atoms with Crippen LogP contribution in [-0.2, 0) is 16.1 Å². The first-order valence-electron chi connectivity index (χ1n) is 4.63. The lowest BCUT2D eigenvalue weighted by atomic mass is 10.5. The lowest BCUT2D eigenvalue weighted by Gasteiger charge is -2.07. The van der Waals surface area contributed by atoms with Crippen molar-refractivity contribution in [2.45, 2.75) is 12.7 Å². The van der Waals surface area contributed by atoms with Gasteiger partial charge in [0.1, 0.15) is 19.4 Å². The number of nitrogens with one attached hydrogen (secondary N) is 1. The molecule has 0 fully saturated rings. The molecule has 1 N–H and O–H groups in total. The van der Waals surface area contributed by atoms with E-state index in [0.717, 1.165) is 18.1 Å². The molecule has 0 aliphatic rings. The third kappa shape index (κ3) is 4.39. The van der Waals surface area contributed by atoms with Crippen molar-refractivity contribution in [1.82, 2.24) is 20.1 Å². The predicted molar refractivity (Wildman–Crippen MR) is 50.4 cm³/mol. The van der Waals surface area contributed by atoms with Crippen molar-refractivity contribution < 1.29 is 27.5 Å². The standard InChI is InChI=1S/C8H9F3N4O3/c1-18-7(17)6-13-4-15(14-6)2-5(16)12-3-8(9,10)11/h4H,2-3H2,1H3,(H,12,16). The van der Waals surface area contributed by atoms with Crippen molar-refractivity contribution in [3.05, 3.63) is 12.2 Å². The summed E-state index contributed by atoms with van der Waals surface area (Å²) in [6.45, 7) is -1.90. The molecule has 0 atom stereocenters. The molecule has 1 rings (SSSR count). The number of hydrogen-bond acceptors (Lipinski definition) is 5. The second-order valence-corrected chi connectivity index (χ2v) is 3.15. The summed E-state index contributed by atoms with van der Waals surface area (Å²) in [6, 6.07) is 0. The number of amides is 1. The van der Waals surface area contributed by atoms with E-state index in [4.69, 9.17) is 0 Å². The molecule has 0 bridgehead atoms. The first-order chi connectivity index (χ1) is 8.31. The van der Waals surface area contributed by atoms with E-state index in [0.29, 0.717) is 0 Å². The highest BCUT2D eigenvalue weighted by Crippen LogP contribution is 2.11. The van der Waals surface area contributed by atoms with Crippen LogP contribution in [0.5, 0.6) is 0 Å². The quantitative estimate of drug-likeness (QED) is 0.759. The van der Waals surface area contributed by atoms with Crippen LogP contribution in [0.1, 0.15) is 10.6 Å². The maximum atomic E-state index is 11.8. The van der Waals surface area contributed by atoms with Gasteiger partial charge < -0.3 is 10.1 Å². The van der Waals surface area contributed by atoms with Crippen LogP contribution >= 0.6 is 0 Å². The summed E-state index contributed by atoms with van der Waals surface area (Å²) in [4.78, 5) is 25.6. The second-order valence-electron chi connectivity index (χ2n) is 3.15. The smallest absolute Gasteiger partial charge is 0.405 e. The van der Waals surface area contributed by atoms with E-state index in [1.807, 2.05) is 0 Å². The molecule has 1 aromatic heterocycles. The summed E-state index contributed by atoms with van der Waals surface area (Å²) in [6.07, 6.45) is -3.44. The maximum Gasteiger partial charge on any atom is 0.405 e. The Balaban J connectivity index is 2.50. The van der Waals surface area contributed by atoms with E-state index in [1.54, 1.807) is 5.32 Å². The molecule has 0 saturated carbocycles. The molecule has 0 saturated heterocycles. The van der Waals surface area contributed by atoms with Gasteiger partial charge in [0.15, 0.2) is 0 Å². The Morgan fingerprint density at radius 2 is 2.17 bits per heavy atom. The highest BCUT2D eigenvalue weighted by molar-refractivity contribution is 5.84. The summed E-state index contributed by atoms with van der Waals surface area (Å²) < 4.78 is 40.6. The number of aromatic nitrogens is 3. The number of alkyl halides is 3. The van der Waals surface area contributed by atoms with Gasteiger partial charge in [0, 0.05) is 0 Å². The fourth-order valence-corrected chi connectivity index (χ4v) is 0.957. The monoisotopic (exact) mass is 266 g/mol. The molecule has 0 spiro atoms. The van der Waals surface area contributed by atoms with E-state index in [-0.39, 0.29) is 5.82 Å². The van der Waals surface area contributed by atoms with Crippen LogP contribution in [-0.4, -0.2) is 46.5 Å². The summed E-state index contributed by atoms with van der Waals surface area (Å²) in [5.74, 6) is -1.97. The van der Waals surface area contributed by atoms with Crippen LogP contribution in [0.2, 0.25) is 0 Å². The Bertz CT molecular complexity index is 443. The summed E-state index contributed by atoms with van der Waals surface area (Å²) in [5.41, 5.74) is 0. The Hall–Kier alpha value is -2.13. The van der Waals surface area contributed by atoms with Crippen LogP contribution in [0.25, 0.3) is 0 Å². The minimum atomic E-state index is -4.48. The number of carbonyl (C=O) groups excluding carboxylic acids is 2. The van der Waals surface area contributed by atoms with Crippen molar-refractivity contribution in [2.24, 2.45) is 0 Å². The van der Waals surface area contributed by atoms with Crippen LogP contribution in [0.15, 0.2) is 6.33 Å². The zero-order chi connectivity index (χ0) is 13.8. The molecule has 0 radical (unpaired) electrons. The molecule has 0 aliphatic heterocycles. The highest BCUT2D eigenvalue weighted by Gasteiger charge is 2.27. The van der Waals surface area contributed by atoms with Gasteiger partial charge in [-0.3, -0.25) is 4.79 Å². The molecule has 1 amide bonds. The zero-order valence-corrected chi connectivity index (χ0v) is 9.19. The van der Waals surface area contributed by atoms with Gasteiger partial charge in [0.2, 0.25) is 5.91 Å². The normalized spacial score (nSPS) is 11.1. The molecule has 100 valence electrons. The Kier molecular flexibility index (Phi) is 4.23. The molecule has 0 aromatic carbocycles. The highest BCUT2D eigenvalue weighted by atomic mass is 19.4. The van der Waals surface area contributed by atoms with Crippen LogP contribution in [0.3, 0.4) is 0 Å². The van der Waals surface area contributed by atoms with Crippen LogP contribution in [0.4, 0.5) is 13.2 Å². The van der Waals surface area contributed by atoms with Gasteiger partial charge in [-0.1, -0.05) is 0 Å². The van der Waals surface area contributed by atoms with Crippen LogP contribution < -0.4 is 5.32 Å². The number of carbonyl (C=O) groups is 2. The molecule has 0 aliphatic carbocycles. The Labute approximate surface area is 98.9 Å². The number of methoxy groups -OCH3 is 1. The van der Waals surface area contributed by atoms with Gasteiger partial charge in [-0.15, -0.1) is 5.10 Å². The van der Waals surface area contributed by atoms with Crippen molar-refractivity contribution in [3.8, 4) is 0 Å². The number of rotatable bonds is 4. The average molecular weight is 266 g/mol. The third-order valence-corrected chi connectivity index (χ3v) is 1.70. The number of esters is 1. The van der Waals surface area contributed by atoms with Gasteiger partial charge in [0.25, 0.3) is 5.82 Å². The Morgan fingerprint density at radius 3 is 2.72 bits per heavy atom. The van der Waals surface area contributed by atoms with Gasteiger partial charge >= 0.3 is 12.1 Å². The van der Waals surface area contributed by atoms with E-state index in [2.05, 4.69) is 14.8 Å². The van der Waals surface area contributed by atoms with E-state index in [1.165, 1.54) is 0 Å². The van der Waals surface area contributed by atoms with Crippen molar-refractivity contribution in [2.75, 3.05) is 13.7 Å². The van der Waals surface area contributed by atoms with Gasteiger partial charge in [0.05, 0.1) is 7.11 Å². The van der Waals surface area contributed by atoms with E-state index >= 15 is 0 Å². The lowest BCUT2D eigenvalue weighted by molar-refractivity contribution is -0.138. The summed E-state index contributed by atoms with van der Waals surface area (Å²) in [5, 5.41) is 5.21. The van der Waals surface area contributed by atoms with Gasteiger partial charge in [-0.05, 0) is 0 Å². The lowest BCUT2D eigenvalue weighted by Crippen LogP contribution is -2.35. The first-order valence-corrected chi connectivity index (χ1v) is 4.63. The zero-order valence-electron chi connectivity index (χ0n) is 9.19. The van der Waals surface area contributed by atoms with Crippen molar-refractivity contribution >= 4 is 11.9 Å². The maximum absolute atomic E-state index is 11.8. The van der Waals surface area contributed by atoms with Crippen molar-refractivity contribution in [3.63, 3.8) is 0 Å². The second kappa shape index (κ2) is 5.47. The largest absolute Gasteiger partial charge is 0.463 e. The molecule has 7 nitrogen and oxygen atoms in total. The molecular weight excluding hydrogens is 257 g/mol. The molecule has 18 heavy (non-hydrogen) atoms. The molecule has 0 unspecified atom stereocenters. The van der Waals surface area contributed by atoms with Gasteiger partial charge in [-0.25, -0.2) is 14.5 Å². The molecule has 10 heteroatoms. The first kappa shape index (κ1) is 13.9. The summed E-state index contributed by atoms with van der Waals surface area (Å²) >= 11 is 0.